The fourth-order valence-electron chi connectivity index (χ4n) is 5.26. The van der Waals surface area contributed by atoms with Crippen LogP contribution in [0.15, 0.2) is 61.2 Å². The first-order chi connectivity index (χ1) is 19.5. The molecule has 0 unspecified atom stereocenters. The van der Waals surface area contributed by atoms with Gasteiger partial charge in [-0.15, -0.1) is 5.10 Å². The van der Waals surface area contributed by atoms with E-state index in [1.165, 1.54) is 41.3 Å². The molecule has 1 aliphatic rings. The molecule has 15 heteroatoms. The number of nitrogens with zero attached hydrogens (tertiary/aromatic N) is 7. The Balaban J connectivity index is 1.40. The number of rotatable bonds is 5. The van der Waals surface area contributed by atoms with E-state index >= 15 is 0 Å². The Morgan fingerprint density at radius 2 is 1.85 bits per heavy atom. The van der Waals surface area contributed by atoms with Gasteiger partial charge in [0.05, 0.1) is 28.3 Å². The summed E-state index contributed by atoms with van der Waals surface area (Å²) in [5.41, 5.74) is -1.76. The Kier molecular flexibility index (Phi) is 6.04. The maximum atomic E-state index is 14.1. The van der Waals surface area contributed by atoms with Crippen molar-refractivity contribution in [2.24, 2.45) is 0 Å². The number of amides is 1. The van der Waals surface area contributed by atoms with Crippen LogP contribution < -0.4 is 5.32 Å². The number of hydrogen-bond acceptors (Lipinski definition) is 6. The second kappa shape index (κ2) is 9.38. The molecule has 0 saturated carbocycles. The molecule has 1 N–H and O–H groups in total. The smallest absolute Gasteiger partial charge is 0.326 e. The lowest BCUT2D eigenvalue weighted by Crippen LogP contribution is -2.26. The first-order valence-electron chi connectivity index (χ1n) is 12.1. The Morgan fingerprint density at radius 1 is 1.10 bits per heavy atom. The summed E-state index contributed by atoms with van der Waals surface area (Å²) in [6.07, 6.45) is 0.246. The van der Waals surface area contributed by atoms with Crippen LogP contribution in [0.25, 0.3) is 17.0 Å². The fraction of sp³-hybridized carbons (Fsp3) is 0.231. The van der Waals surface area contributed by atoms with E-state index in [0.29, 0.717) is 15.9 Å². The van der Waals surface area contributed by atoms with E-state index in [4.69, 9.17) is 0 Å². The zero-order valence-electron chi connectivity index (χ0n) is 20.9. The number of hydrogen-bond donors (Lipinski definition) is 1. The fourth-order valence-corrected chi connectivity index (χ4v) is 5.26. The summed E-state index contributed by atoms with van der Waals surface area (Å²) in [7, 11) is 0. The molecular formula is C26H18F6N8O. The third kappa shape index (κ3) is 4.46. The molecule has 41 heavy (non-hydrogen) atoms. The molecule has 2 atom stereocenters. The van der Waals surface area contributed by atoms with Gasteiger partial charge >= 0.3 is 12.7 Å². The lowest BCUT2D eigenvalue weighted by molar-refractivity contribution is -0.137. The molecule has 0 fully saturated rings. The van der Waals surface area contributed by atoms with Gasteiger partial charge in [0.25, 0.3) is 0 Å². The number of fused-ring (bicyclic) bond motifs is 3. The Morgan fingerprint density at radius 3 is 2.54 bits per heavy atom. The molecule has 4 aromatic heterocycles. The summed E-state index contributed by atoms with van der Waals surface area (Å²) < 4.78 is 84.3. The zero-order chi connectivity index (χ0) is 29.1. The third-order valence-corrected chi connectivity index (χ3v) is 7.08. The van der Waals surface area contributed by atoms with Crippen molar-refractivity contribution in [1.29, 1.82) is 0 Å². The van der Waals surface area contributed by atoms with Crippen LogP contribution in [0.4, 0.5) is 32.0 Å². The van der Waals surface area contributed by atoms with E-state index < -0.39 is 41.5 Å². The largest absolute Gasteiger partial charge is 0.417 e. The SMILES string of the molecule is C[C@]1(c2ccn(C(F)F)n2)C[C@H](C(=O)Nc2ccc(-c3ncccn3)c(C(F)(F)F)c2)c2cnc3cc(F)nn3c21. The average molecular weight is 572 g/mol. The van der Waals surface area contributed by atoms with E-state index in [-0.39, 0.29) is 34.8 Å². The van der Waals surface area contributed by atoms with Crippen molar-refractivity contribution in [3.8, 4) is 11.4 Å². The Labute approximate surface area is 226 Å². The van der Waals surface area contributed by atoms with Crippen molar-refractivity contribution in [3.63, 3.8) is 0 Å². The highest BCUT2D eigenvalue weighted by Gasteiger charge is 2.48. The summed E-state index contributed by atoms with van der Waals surface area (Å²) in [6, 6.07) is 7.15. The predicted octanol–water partition coefficient (Wildman–Crippen LogP) is 5.37. The molecule has 9 nitrogen and oxygen atoms in total. The predicted molar refractivity (Wildman–Crippen MR) is 131 cm³/mol. The van der Waals surface area contributed by atoms with Crippen molar-refractivity contribution in [3.05, 3.63) is 89.6 Å². The highest BCUT2D eigenvalue weighted by Crippen LogP contribution is 2.49. The number of alkyl halides is 5. The summed E-state index contributed by atoms with van der Waals surface area (Å²) in [5.74, 6) is -2.68. The first kappa shape index (κ1) is 26.4. The maximum absolute atomic E-state index is 14.1. The molecule has 5 aromatic rings. The number of carbonyl (C=O) groups excluding carboxylic acids is 1. The van der Waals surface area contributed by atoms with Crippen molar-refractivity contribution in [2.75, 3.05) is 5.32 Å². The lowest BCUT2D eigenvalue weighted by Gasteiger charge is -2.23. The van der Waals surface area contributed by atoms with Gasteiger partial charge in [-0.25, -0.2) is 24.1 Å². The van der Waals surface area contributed by atoms with Crippen LogP contribution in [0, 0.1) is 5.95 Å². The molecule has 0 aliphatic heterocycles. The van der Waals surface area contributed by atoms with Gasteiger partial charge in [-0.3, -0.25) is 4.79 Å². The van der Waals surface area contributed by atoms with Crippen LogP contribution in [-0.4, -0.2) is 40.3 Å². The van der Waals surface area contributed by atoms with Gasteiger partial charge in [-0.2, -0.15) is 31.4 Å². The highest BCUT2D eigenvalue weighted by molar-refractivity contribution is 5.97. The maximum Gasteiger partial charge on any atom is 0.417 e. The monoisotopic (exact) mass is 572 g/mol. The standard InChI is InChI=1S/C26H18F6N8O/c1-25(18-5-8-39(37-18)24(28)29)11-15(16-12-35-20-10-19(27)38-40(20)21(16)25)23(41)36-13-3-4-14(17(9-13)26(30,31)32)22-33-6-2-7-34-22/h2-10,12,15,24H,11H2,1H3,(H,36,41)/t15-,25+/m0/s1. The van der Waals surface area contributed by atoms with Gasteiger partial charge in [0.15, 0.2) is 11.5 Å². The van der Waals surface area contributed by atoms with Crippen LogP contribution in [0.5, 0.6) is 0 Å². The van der Waals surface area contributed by atoms with Crippen LogP contribution in [0.1, 0.15) is 48.3 Å². The van der Waals surface area contributed by atoms with Gasteiger partial charge in [-0.1, -0.05) is 0 Å². The first-order valence-corrected chi connectivity index (χ1v) is 12.1. The summed E-state index contributed by atoms with van der Waals surface area (Å²) in [4.78, 5) is 25.5. The van der Waals surface area contributed by atoms with Crippen molar-refractivity contribution in [2.45, 2.75) is 37.4 Å². The molecule has 1 amide bonds. The third-order valence-electron chi connectivity index (χ3n) is 7.08. The van der Waals surface area contributed by atoms with Crippen molar-refractivity contribution in [1.82, 2.24) is 34.3 Å². The number of carbonyl (C=O) groups is 1. The Hall–Kier alpha value is -4.82. The molecule has 1 aliphatic carbocycles. The molecule has 210 valence electrons. The summed E-state index contributed by atoms with van der Waals surface area (Å²) in [5, 5.41) is 10.3. The molecule has 6 rings (SSSR count). The van der Waals surface area contributed by atoms with E-state index in [2.05, 4.69) is 30.5 Å². The van der Waals surface area contributed by atoms with Gasteiger partial charge < -0.3 is 5.32 Å². The Bertz CT molecular complexity index is 1780. The summed E-state index contributed by atoms with van der Waals surface area (Å²) in [6.45, 7) is -1.27. The number of anilines is 1. The number of benzene rings is 1. The highest BCUT2D eigenvalue weighted by atomic mass is 19.4. The number of nitrogens with one attached hydrogen (secondary N) is 1. The summed E-state index contributed by atoms with van der Waals surface area (Å²) >= 11 is 0. The second-order valence-electron chi connectivity index (χ2n) is 9.67. The van der Waals surface area contributed by atoms with Gasteiger partial charge in [-0.05, 0) is 43.7 Å². The van der Waals surface area contributed by atoms with Gasteiger partial charge in [0.2, 0.25) is 11.9 Å². The second-order valence-corrected chi connectivity index (χ2v) is 9.67. The molecule has 0 radical (unpaired) electrons. The van der Waals surface area contributed by atoms with Crippen molar-refractivity contribution < 1.29 is 31.1 Å². The minimum absolute atomic E-state index is 0.0290. The molecule has 1 aromatic carbocycles. The van der Waals surface area contributed by atoms with Gasteiger partial charge in [0, 0.05) is 47.7 Å². The number of halogens is 6. The van der Waals surface area contributed by atoms with Crippen LogP contribution in [-0.2, 0) is 16.4 Å². The molecule has 0 bridgehead atoms. The van der Waals surface area contributed by atoms with Crippen molar-refractivity contribution >= 4 is 17.2 Å². The quantitative estimate of drug-likeness (QED) is 0.284. The van der Waals surface area contributed by atoms with E-state index in [0.717, 1.165) is 24.4 Å². The normalized spacial score (nSPS) is 18.7. The van der Waals surface area contributed by atoms with Crippen LogP contribution >= 0.6 is 0 Å². The minimum atomic E-state index is -4.78. The average Bonchev–Trinajstić information content (AvgIpc) is 3.64. The molecular weight excluding hydrogens is 554 g/mol. The number of aromatic nitrogens is 7. The molecule has 0 saturated heterocycles. The minimum Gasteiger partial charge on any atom is -0.326 e. The lowest BCUT2D eigenvalue weighted by atomic mass is 9.82. The topological polar surface area (TPSA) is 103 Å². The molecule has 4 heterocycles. The van der Waals surface area contributed by atoms with E-state index in [9.17, 15) is 31.1 Å². The van der Waals surface area contributed by atoms with Crippen LogP contribution in [0.2, 0.25) is 0 Å². The van der Waals surface area contributed by atoms with E-state index in [1.807, 2.05) is 0 Å². The van der Waals surface area contributed by atoms with Crippen LogP contribution in [0.3, 0.4) is 0 Å². The molecule has 0 spiro atoms. The zero-order valence-corrected chi connectivity index (χ0v) is 20.9. The van der Waals surface area contributed by atoms with Gasteiger partial charge in [0.1, 0.15) is 0 Å². The van der Waals surface area contributed by atoms with E-state index in [1.54, 1.807) is 6.92 Å².